The summed E-state index contributed by atoms with van der Waals surface area (Å²) in [4.78, 5) is 19.3. The quantitative estimate of drug-likeness (QED) is 0.770. The first kappa shape index (κ1) is 19.2. The number of hydrogen-bond donors (Lipinski definition) is 0. The number of para-hydroxylation sites is 1. The summed E-state index contributed by atoms with van der Waals surface area (Å²) in [6.45, 7) is 7.91. The molecule has 6 nitrogen and oxygen atoms in total. The van der Waals surface area contributed by atoms with Crippen LogP contribution in [-0.2, 0) is 14.6 Å². The van der Waals surface area contributed by atoms with Crippen molar-refractivity contribution >= 4 is 21.4 Å². The minimum Gasteiger partial charge on any atom is -0.369 e. The summed E-state index contributed by atoms with van der Waals surface area (Å²) in [7, 11) is -2.99. The van der Waals surface area contributed by atoms with E-state index in [0.29, 0.717) is 13.0 Å². The van der Waals surface area contributed by atoms with Crippen LogP contribution in [0.3, 0.4) is 0 Å². The fraction of sp³-hybridized carbons (Fsp3) is 0.632. The predicted octanol–water partition coefficient (Wildman–Crippen LogP) is 1.23. The lowest BCUT2D eigenvalue weighted by atomic mass is 10.1. The Bertz CT molecular complexity index is 715. The highest BCUT2D eigenvalue weighted by Gasteiger charge is 2.37. The van der Waals surface area contributed by atoms with Crippen LogP contribution in [0.4, 0.5) is 5.69 Å². The van der Waals surface area contributed by atoms with Gasteiger partial charge in [-0.2, -0.15) is 0 Å². The molecule has 2 aliphatic heterocycles. The number of rotatable bonds is 5. The molecule has 7 heteroatoms. The van der Waals surface area contributed by atoms with Gasteiger partial charge < -0.3 is 9.80 Å². The molecule has 0 N–H and O–H groups in total. The molecule has 144 valence electrons. The Morgan fingerprint density at radius 3 is 2.38 bits per heavy atom. The van der Waals surface area contributed by atoms with Gasteiger partial charge in [0, 0.05) is 44.5 Å². The van der Waals surface area contributed by atoms with Crippen molar-refractivity contribution in [3.63, 3.8) is 0 Å². The molecule has 2 fully saturated rings. The first-order valence-electron chi connectivity index (χ1n) is 9.46. The molecule has 26 heavy (non-hydrogen) atoms. The summed E-state index contributed by atoms with van der Waals surface area (Å²) in [6, 6.07) is 9.96. The van der Waals surface area contributed by atoms with Crippen LogP contribution < -0.4 is 4.90 Å². The first-order chi connectivity index (χ1) is 12.4. The van der Waals surface area contributed by atoms with E-state index >= 15 is 0 Å². The van der Waals surface area contributed by atoms with Gasteiger partial charge in [0.1, 0.15) is 0 Å². The van der Waals surface area contributed by atoms with E-state index in [1.165, 1.54) is 5.69 Å². The number of benzene rings is 1. The smallest absolute Gasteiger partial charge is 0.239 e. The first-order valence-corrected chi connectivity index (χ1v) is 11.3. The van der Waals surface area contributed by atoms with Crippen molar-refractivity contribution in [1.82, 2.24) is 9.80 Å². The molecule has 1 amide bonds. The number of piperazine rings is 1. The third-order valence-corrected chi connectivity index (χ3v) is 7.36. The molecule has 0 bridgehead atoms. The van der Waals surface area contributed by atoms with Gasteiger partial charge in [-0.15, -0.1) is 0 Å². The van der Waals surface area contributed by atoms with Gasteiger partial charge in [0.25, 0.3) is 0 Å². The number of nitrogens with zero attached hydrogens (tertiary/aromatic N) is 3. The van der Waals surface area contributed by atoms with Crippen LogP contribution in [0.15, 0.2) is 30.3 Å². The van der Waals surface area contributed by atoms with E-state index in [9.17, 15) is 13.2 Å². The standard InChI is InChI=1S/C19H29N3O3S/c1-3-22(18-9-14-26(24,25)15-18)19(23)16(2)20-10-12-21(13-11-20)17-7-5-4-6-8-17/h4-8,16,18H,3,9-15H2,1-2H3/t16-,18-/m1/s1. The third-order valence-electron chi connectivity index (χ3n) is 5.61. The van der Waals surface area contributed by atoms with Crippen molar-refractivity contribution in [3.8, 4) is 0 Å². The van der Waals surface area contributed by atoms with Gasteiger partial charge in [-0.05, 0) is 32.4 Å². The number of carbonyl (C=O) groups excluding carboxylic acids is 1. The van der Waals surface area contributed by atoms with Crippen LogP contribution in [0.5, 0.6) is 0 Å². The molecule has 0 aliphatic carbocycles. The van der Waals surface area contributed by atoms with Crippen molar-refractivity contribution in [2.75, 3.05) is 49.1 Å². The zero-order chi connectivity index (χ0) is 18.7. The van der Waals surface area contributed by atoms with E-state index in [-0.39, 0.29) is 29.5 Å². The minimum absolute atomic E-state index is 0.0581. The fourth-order valence-electron chi connectivity index (χ4n) is 4.02. The maximum atomic E-state index is 13.0. The van der Waals surface area contributed by atoms with Crippen molar-refractivity contribution in [3.05, 3.63) is 30.3 Å². The SMILES string of the molecule is CCN(C(=O)[C@@H](C)N1CCN(c2ccccc2)CC1)[C@@H]1CCS(=O)(=O)C1. The van der Waals surface area contributed by atoms with Crippen LogP contribution in [0, 0.1) is 0 Å². The van der Waals surface area contributed by atoms with Gasteiger partial charge in [-0.1, -0.05) is 18.2 Å². The lowest BCUT2D eigenvalue weighted by molar-refractivity contribution is -0.138. The van der Waals surface area contributed by atoms with Crippen LogP contribution in [-0.4, -0.2) is 80.4 Å². The zero-order valence-electron chi connectivity index (χ0n) is 15.7. The maximum Gasteiger partial charge on any atom is 0.239 e. The molecular weight excluding hydrogens is 350 g/mol. The highest BCUT2D eigenvalue weighted by Crippen LogP contribution is 2.21. The second-order valence-electron chi connectivity index (χ2n) is 7.22. The highest BCUT2D eigenvalue weighted by molar-refractivity contribution is 7.91. The number of hydrogen-bond acceptors (Lipinski definition) is 5. The Balaban J connectivity index is 1.58. The Morgan fingerprint density at radius 1 is 1.19 bits per heavy atom. The molecule has 2 saturated heterocycles. The van der Waals surface area contributed by atoms with E-state index in [4.69, 9.17) is 0 Å². The van der Waals surface area contributed by atoms with Gasteiger partial charge in [-0.3, -0.25) is 9.69 Å². The molecule has 0 unspecified atom stereocenters. The normalized spacial score (nSPS) is 24.4. The molecule has 1 aromatic rings. The van der Waals surface area contributed by atoms with E-state index in [0.717, 1.165) is 26.2 Å². The fourth-order valence-corrected chi connectivity index (χ4v) is 5.75. The summed E-state index contributed by atoms with van der Waals surface area (Å²) in [6.07, 6.45) is 0.566. The Hall–Kier alpha value is -1.60. The monoisotopic (exact) mass is 379 g/mol. The van der Waals surface area contributed by atoms with Crippen molar-refractivity contribution in [2.24, 2.45) is 0 Å². The van der Waals surface area contributed by atoms with Gasteiger partial charge in [0.05, 0.1) is 17.5 Å². The lowest BCUT2D eigenvalue weighted by Gasteiger charge is -2.40. The Morgan fingerprint density at radius 2 is 1.85 bits per heavy atom. The second-order valence-corrected chi connectivity index (χ2v) is 9.44. The van der Waals surface area contributed by atoms with Crippen molar-refractivity contribution in [2.45, 2.75) is 32.4 Å². The number of carbonyl (C=O) groups is 1. The molecule has 0 saturated carbocycles. The van der Waals surface area contributed by atoms with Crippen LogP contribution in [0.1, 0.15) is 20.3 Å². The topological polar surface area (TPSA) is 60.9 Å². The molecule has 2 heterocycles. The number of likely N-dealkylation sites (N-methyl/N-ethyl adjacent to an activating group) is 1. The van der Waals surface area contributed by atoms with Gasteiger partial charge >= 0.3 is 0 Å². The number of amides is 1. The Labute approximate surface area is 156 Å². The molecule has 0 spiro atoms. The van der Waals surface area contributed by atoms with Crippen LogP contribution in [0.25, 0.3) is 0 Å². The summed E-state index contributed by atoms with van der Waals surface area (Å²) in [5.41, 5.74) is 1.22. The maximum absolute atomic E-state index is 13.0. The van der Waals surface area contributed by atoms with Crippen LogP contribution in [0.2, 0.25) is 0 Å². The molecule has 0 radical (unpaired) electrons. The second kappa shape index (κ2) is 7.96. The van der Waals surface area contributed by atoms with E-state index in [1.54, 1.807) is 4.90 Å². The number of sulfone groups is 1. The highest BCUT2D eigenvalue weighted by atomic mass is 32.2. The lowest BCUT2D eigenvalue weighted by Crippen LogP contribution is -2.56. The molecule has 1 aromatic carbocycles. The van der Waals surface area contributed by atoms with E-state index in [2.05, 4.69) is 21.9 Å². The average molecular weight is 380 g/mol. The van der Waals surface area contributed by atoms with E-state index in [1.807, 2.05) is 32.0 Å². The molecule has 3 rings (SSSR count). The zero-order valence-corrected chi connectivity index (χ0v) is 16.5. The average Bonchev–Trinajstić information content (AvgIpc) is 3.02. The largest absolute Gasteiger partial charge is 0.369 e. The summed E-state index contributed by atoms with van der Waals surface area (Å²) in [5, 5.41) is 0. The summed E-state index contributed by atoms with van der Waals surface area (Å²) < 4.78 is 23.5. The molecular formula is C19H29N3O3S. The van der Waals surface area contributed by atoms with Crippen molar-refractivity contribution < 1.29 is 13.2 Å². The third kappa shape index (κ3) is 4.20. The van der Waals surface area contributed by atoms with E-state index < -0.39 is 9.84 Å². The van der Waals surface area contributed by atoms with Crippen molar-refractivity contribution in [1.29, 1.82) is 0 Å². The number of anilines is 1. The van der Waals surface area contributed by atoms with Crippen LogP contribution >= 0.6 is 0 Å². The van der Waals surface area contributed by atoms with Gasteiger partial charge in [0.2, 0.25) is 5.91 Å². The van der Waals surface area contributed by atoms with Gasteiger partial charge in [0.15, 0.2) is 9.84 Å². The summed E-state index contributed by atoms with van der Waals surface area (Å²) >= 11 is 0. The minimum atomic E-state index is -2.99. The molecule has 2 atom stereocenters. The summed E-state index contributed by atoms with van der Waals surface area (Å²) in [5.74, 6) is 0.370. The molecule has 2 aliphatic rings. The van der Waals surface area contributed by atoms with Gasteiger partial charge in [-0.25, -0.2) is 8.42 Å². The predicted molar refractivity (Wildman–Crippen MR) is 104 cm³/mol. The Kier molecular flexibility index (Phi) is 5.87. The molecule has 0 aromatic heterocycles.